The number of aromatic nitrogens is 1. The molecular formula is C11H18BrN3O. The summed E-state index contributed by atoms with van der Waals surface area (Å²) in [5.41, 5.74) is 5.52. The van der Waals surface area contributed by atoms with Gasteiger partial charge in [0.25, 0.3) is 0 Å². The number of nitrogen functional groups attached to an aromatic ring is 1. The van der Waals surface area contributed by atoms with E-state index in [9.17, 15) is 5.11 Å². The molecule has 0 radical (unpaired) electrons. The first-order valence-corrected chi connectivity index (χ1v) is 6.17. The van der Waals surface area contributed by atoms with Crippen molar-refractivity contribution >= 4 is 27.4 Å². The van der Waals surface area contributed by atoms with Crippen molar-refractivity contribution in [3.63, 3.8) is 0 Å². The molecule has 1 rings (SSSR count). The molecule has 5 heteroatoms. The molecule has 0 aromatic carbocycles. The Morgan fingerprint density at radius 2 is 2.12 bits per heavy atom. The van der Waals surface area contributed by atoms with Crippen molar-refractivity contribution in [2.75, 3.05) is 17.6 Å². The fraction of sp³-hybridized carbons (Fsp3) is 0.545. The van der Waals surface area contributed by atoms with Crippen LogP contribution in [-0.2, 0) is 0 Å². The number of hydrogen-bond acceptors (Lipinski definition) is 4. The maximum Gasteiger partial charge on any atom is 0.140 e. The van der Waals surface area contributed by atoms with Crippen molar-refractivity contribution in [3.05, 3.63) is 16.7 Å². The van der Waals surface area contributed by atoms with Gasteiger partial charge in [0.05, 0.1) is 22.0 Å². The first-order chi connectivity index (χ1) is 7.50. The fourth-order valence-corrected chi connectivity index (χ4v) is 1.84. The van der Waals surface area contributed by atoms with Crippen LogP contribution in [0.4, 0.5) is 11.5 Å². The van der Waals surface area contributed by atoms with Crippen LogP contribution in [0.3, 0.4) is 0 Å². The molecular weight excluding hydrogens is 270 g/mol. The van der Waals surface area contributed by atoms with Crippen LogP contribution in [-0.4, -0.2) is 22.2 Å². The second kappa shape index (κ2) is 5.50. The molecule has 0 saturated carbocycles. The molecule has 0 atom stereocenters. The Labute approximate surface area is 104 Å². The van der Waals surface area contributed by atoms with E-state index in [1.807, 2.05) is 13.8 Å². The normalized spacial score (nSPS) is 11.5. The number of halogens is 1. The van der Waals surface area contributed by atoms with Crippen LogP contribution in [0, 0.1) is 0 Å². The Kier molecular flexibility index (Phi) is 4.56. The molecule has 1 aromatic heterocycles. The van der Waals surface area contributed by atoms with Crippen molar-refractivity contribution in [1.29, 1.82) is 0 Å². The maximum absolute atomic E-state index is 10.1. The van der Waals surface area contributed by atoms with Gasteiger partial charge in [-0.2, -0.15) is 0 Å². The van der Waals surface area contributed by atoms with E-state index in [1.165, 1.54) is 0 Å². The lowest BCUT2D eigenvalue weighted by atomic mass is 9.98. The molecule has 0 fully saturated rings. The van der Waals surface area contributed by atoms with E-state index in [4.69, 9.17) is 5.73 Å². The Morgan fingerprint density at radius 1 is 1.50 bits per heavy atom. The zero-order valence-corrected chi connectivity index (χ0v) is 11.2. The Bertz CT molecular complexity index is 353. The summed E-state index contributed by atoms with van der Waals surface area (Å²) in [5, 5.41) is 13.2. The largest absolute Gasteiger partial charge is 0.397 e. The summed E-state index contributed by atoms with van der Waals surface area (Å²) in [6.45, 7) is 4.42. The van der Waals surface area contributed by atoms with E-state index in [0.717, 1.165) is 4.47 Å². The molecule has 0 aliphatic carbocycles. The number of nitrogens with zero attached hydrogens (tertiary/aromatic N) is 1. The molecule has 1 aromatic rings. The van der Waals surface area contributed by atoms with E-state index in [2.05, 4.69) is 26.2 Å². The maximum atomic E-state index is 10.1. The first kappa shape index (κ1) is 13.3. The predicted octanol–water partition coefficient (Wildman–Crippen LogP) is 2.39. The zero-order chi connectivity index (χ0) is 12.2. The number of pyridine rings is 1. The van der Waals surface area contributed by atoms with Crippen molar-refractivity contribution in [3.8, 4) is 0 Å². The van der Waals surface area contributed by atoms with Crippen LogP contribution < -0.4 is 11.1 Å². The highest BCUT2D eigenvalue weighted by atomic mass is 79.9. The number of nitrogens with two attached hydrogens (primary N) is 1. The number of anilines is 2. The molecule has 0 aliphatic heterocycles. The molecule has 4 N–H and O–H groups in total. The van der Waals surface area contributed by atoms with Crippen molar-refractivity contribution in [2.45, 2.75) is 32.3 Å². The van der Waals surface area contributed by atoms with Gasteiger partial charge in [0.2, 0.25) is 0 Å². The van der Waals surface area contributed by atoms with Crippen LogP contribution in [0.2, 0.25) is 0 Å². The van der Waals surface area contributed by atoms with Crippen LogP contribution in [0.1, 0.15) is 26.7 Å². The van der Waals surface area contributed by atoms with Crippen LogP contribution >= 0.6 is 15.9 Å². The highest BCUT2D eigenvalue weighted by molar-refractivity contribution is 9.10. The molecule has 0 aliphatic rings. The third-order valence-corrected chi connectivity index (χ3v) is 3.37. The highest BCUT2D eigenvalue weighted by Crippen LogP contribution is 2.23. The van der Waals surface area contributed by atoms with Gasteiger partial charge in [0.15, 0.2) is 0 Å². The monoisotopic (exact) mass is 287 g/mol. The average molecular weight is 288 g/mol. The number of aliphatic hydroxyl groups is 1. The topological polar surface area (TPSA) is 71.2 Å². The van der Waals surface area contributed by atoms with Crippen molar-refractivity contribution in [2.24, 2.45) is 0 Å². The van der Waals surface area contributed by atoms with Gasteiger partial charge in [-0.1, -0.05) is 13.8 Å². The standard InChI is InChI=1S/C11H18BrN3O/c1-3-11(16,4-2)7-15-10-9(12)5-8(13)6-14-10/h5-6,16H,3-4,7,13H2,1-2H3,(H,14,15). The number of hydrogen-bond donors (Lipinski definition) is 3. The third kappa shape index (κ3) is 3.35. The minimum absolute atomic E-state index is 0.482. The first-order valence-electron chi connectivity index (χ1n) is 5.38. The van der Waals surface area contributed by atoms with Crippen molar-refractivity contribution in [1.82, 2.24) is 4.98 Å². The Balaban J connectivity index is 2.67. The summed E-state index contributed by atoms with van der Waals surface area (Å²) in [6, 6.07) is 1.78. The second-order valence-electron chi connectivity index (χ2n) is 3.88. The SMILES string of the molecule is CCC(O)(CC)CNc1ncc(N)cc1Br. The quantitative estimate of drug-likeness (QED) is 0.778. The lowest BCUT2D eigenvalue weighted by Crippen LogP contribution is -2.35. The smallest absolute Gasteiger partial charge is 0.140 e. The second-order valence-corrected chi connectivity index (χ2v) is 4.74. The van der Waals surface area contributed by atoms with Gasteiger partial charge in [-0.05, 0) is 34.8 Å². The third-order valence-electron chi connectivity index (χ3n) is 2.76. The average Bonchev–Trinajstić information content (AvgIpc) is 2.27. The van der Waals surface area contributed by atoms with E-state index in [0.29, 0.717) is 30.9 Å². The fourth-order valence-electron chi connectivity index (χ4n) is 1.33. The van der Waals surface area contributed by atoms with Crippen LogP contribution in [0.5, 0.6) is 0 Å². The molecule has 0 saturated heterocycles. The van der Waals surface area contributed by atoms with Gasteiger partial charge in [-0.25, -0.2) is 4.98 Å². The number of rotatable bonds is 5. The van der Waals surface area contributed by atoms with Gasteiger partial charge in [0.1, 0.15) is 5.82 Å². The minimum Gasteiger partial charge on any atom is -0.397 e. The number of nitrogens with one attached hydrogen (secondary N) is 1. The lowest BCUT2D eigenvalue weighted by molar-refractivity contribution is 0.0456. The Hall–Kier alpha value is -0.810. The summed E-state index contributed by atoms with van der Waals surface area (Å²) < 4.78 is 0.807. The van der Waals surface area contributed by atoms with Crippen LogP contribution in [0.25, 0.3) is 0 Å². The summed E-state index contributed by atoms with van der Waals surface area (Å²) >= 11 is 3.37. The Morgan fingerprint density at radius 3 is 2.62 bits per heavy atom. The lowest BCUT2D eigenvalue weighted by Gasteiger charge is -2.25. The minimum atomic E-state index is -0.678. The zero-order valence-electron chi connectivity index (χ0n) is 9.63. The van der Waals surface area contributed by atoms with E-state index in [1.54, 1.807) is 12.3 Å². The van der Waals surface area contributed by atoms with Crippen LogP contribution in [0.15, 0.2) is 16.7 Å². The molecule has 4 nitrogen and oxygen atoms in total. The summed E-state index contributed by atoms with van der Waals surface area (Å²) in [6.07, 6.45) is 3.01. The molecule has 0 spiro atoms. The van der Waals surface area contributed by atoms with Gasteiger partial charge in [-0.3, -0.25) is 0 Å². The van der Waals surface area contributed by atoms with Gasteiger partial charge in [0, 0.05) is 6.54 Å². The predicted molar refractivity (Wildman–Crippen MR) is 70.4 cm³/mol. The summed E-state index contributed by atoms with van der Waals surface area (Å²) in [4.78, 5) is 4.16. The highest BCUT2D eigenvalue weighted by Gasteiger charge is 2.22. The van der Waals surface area contributed by atoms with E-state index < -0.39 is 5.60 Å². The van der Waals surface area contributed by atoms with Gasteiger partial charge < -0.3 is 16.2 Å². The molecule has 1 heterocycles. The summed E-state index contributed by atoms with van der Waals surface area (Å²) in [7, 11) is 0. The molecule has 16 heavy (non-hydrogen) atoms. The molecule has 0 amide bonds. The molecule has 0 unspecified atom stereocenters. The molecule has 90 valence electrons. The van der Waals surface area contributed by atoms with E-state index >= 15 is 0 Å². The molecule has 0 bridgehead atoms. The van der Waals surface area contributed by atoms with E-state index in [-0.39, 0.29) is 0 Å². The summed E-state index contributed by atoms with van der Waals surface area (Å²) in [5.74, 6) is 0.703. The van der Waals surface area contributed by atoms with Gasteiger partial charge in [-0.15, -0.1) is 0 Å². The van der Waals surface area contributed by atoms with Crippen molar-refractivity contribution < 1.29 is 5.11 Å². The van der Waals surface area contributed by atoms with Gasteiger partial charge >= 0.3 is 0 Å².